The largest absolute Gasteiger partial charge is 0.507 e. The number of phenolic OH excluding ortho intramolecular Hbond substituents is 1. The molecule has 6 nitrogen and oxygen atoms in total. The van der Waals surface area contributed by atoms with Gasteiger partial charge in [0.15, 0.2) is 10.7 Å². The summed E-state index contributed by atoms with van der Waals surface area (Å²) in [5.74, 6) is 0.462. The number of anilines is 1. The fourth-order valence-electron chi connectivity index (χ4n) is 3.84. The molecule has 174 valence electrons. The van der Waals surface area contributed by atoms with E-state index in [1.807, 2.05) is 38.1 Å². The lowest BCUT2D eigenvalue weighted by molar-refractivity contribution is 0.0977. The van der Waals surface area contributed by atoms with E-state index in [9.17, 15) is 9.90 Å². The molecule has 0 spiro atoms. The van der Waals surface area contributed by atoms with Crippen LogP contribution in [0.3, 0.4) is 0 Å². The van der Waals surface area contributed by atoms with Crippen LogP contribution in [0.5, 0.6) is 5.75 Å². The number of hydrogen-bond donors (Lipinski definition) is 3. The highest BCUT2D eigenvalue weighted by Gasteiger charge is 2.15. The summed E-state index contributed by atoms with van der Waals surface area (Å²) in [6, 6.07) is 16.6. The third-order valence-corrected chi connectivity index (χ3v) is 5.99. The Morgan fingerprint density at radius 2 is 1.82 bits per heavy atom. The van der Waals surface area contributed by atoms with Gasteiger partial charge in [-0.05, 0) is 80.4 Å². The maximum Gasteiger partial charge on any atom is 0.257 e. The summed E-state index contributed by atoms with van der Waals surface area (Å²) >= 11 is 5.28. The fourth-order valence-corrected chi connectivity index (χ4v) is 4.05. The van der Waals surface area contributed by atoms with E-state index in [4.69, 9.17) is 16.6 Å². The first-order chi connectivity index (χ1) is 16.2. The number of aryl methyl sites for hydroxylation is 2. The van der Waals surface area contributed by atoms with Crippen molar-refractivity contribution in [1.82, 2.24) is 10.3 Å². The first-order valence-corrected chi connectivity index (χ1v) is 11.6. The zero-order chi connectivity index (χ0) is 24.4. The molecule has 4 rings (SSSR count). The van der Waals surface area contributed by atoms with Crippen molar-refractivity contribution < 1.29 is 14.3 Å². The Balaban J connectivity index is 1.48. The van der Waals surface area contributed by atoms with Crippen molar-refractivity contribution >= 4 is 40.0 Å². The van der Waals surface area contributed by atoms with Crippen LogP contribution >= 0.6 is 12.2 Å². The van der Waals surface area contributed by atoms with Crippen molar-refractivity contribution in [1.29, 1.82) is 0 Å². The number of aromatic hydroxyl groups is 1. The van der Waals surface area contributed by atoms with Crippen molar-refractivity contribution in [3.8, 4) is 17.2 Å². The van der Waals surface area contributed by atoms with Crippen molar-refractivity contribution in [2.75, 3.05) is 5.32 Å². The highest BCUT2D eigenvalue weighted by Crippen LogP contribution is 2.34. The summed E-state index contributed by atoms with van der Waals surface area (Å²) in [5.41, 5.74) is 6.16. The standard InChI is InChI=1S/C27H27N3O3S/c1-5-17(4)18-6-9-24-22(13-18)29-26(33-24)21-8-7-20(14-23(21)31)28-27(34)30-25(32)19-11-15(2)10-16(3)12-19/h6-14,17,31H,5H2,1-4H3,(H2,28,30,32,34)/t17-/m1/s1. The molecule has 0 bridgehead atoms. The summed E-state index contributed by atoms with van der Waals surface area (Å²) in [5, 5.41) is 16.4. The Hall–Kier alpha value is -3.71. The molecule has 1 amide bonds. The summed E-state index contributed by atoms with van der Waals surface area (Å²) < 4.78 is 5.87. The van der Waals surface area contributed by atoms with Crippen molar-refractivity contribution in [2.24, 2.45) is 0 Å². The van der Waals surface area contributed by atoms with Gasteiger partial charge in [-0.15, -0.1) is 0 Å². The van der Waals surface area contributed by atoms with Gasteiger partial charge >= 0.3 is 0 Å². The number of carbonyl (C=O) groups excluding carboxylic acids is 1. The van der Waals surface area contributed by atoms with Gasteiger partial charge in [0.1, 0.15) is 11.3 Å². The van der Waals surface area contributed by atoms with Crippen LogP contribution < -0.4 is 10.6 Å². The lowest BCUT2D eigenvalue weighted by Gasteiger charge is -2.11. The normalized spacial score (nSPS) is 11.9. The molecule has 34 heavy (non-hydrogen) atoms. The van der Waals surface area contributed by atoms with E-state index in [0.29, 0.717) is 34.2 Å². The van der Waals surface area contributed by atoms with Crippen molar-refractivity contribution in [3.05, 3.63) is 76.9 Å². The monoisotopic (exact) mass is 473 g/mol. The number of benzene rings is 3. The Morgan fingerprint density at radius 1 is 1.09 bits per heavy atom. The number of oxazole rings is 1. The minimum absolute atomic E-state index is 0.0119. The maximum atomic E-state index is 12.5. The molecular formula is C27H27N3O3S. The number of thiocarbonyl (C=S) groups is 1. The number of carbonyl (C=O) groups is 1. The smallest absolute Gasteiger partial charge is 0.257 e. The zero-order valence-corrected chi connectivity index (χ0v) is 20.4. The number of nitrogens with one attached hydrogen (secondary N) is 2. The average Bonchev–Trinajstić information content (AvgIpc) is 3.20. The molecule has 1 heterocycles. The lowest BCUT2D eigenvalue weighted by atomic mass is 9.98. The number of amides is 1. The number of fused-ring (bicyclic) bond motifs is 1. The molecule has 3 aromatic carbocycles. The SMILES string of the molecule is CC[C@@H](C)c1ccc2oc(-c3ccc(NC(=S)NC(=O)c4cc(C)cc(C)c4)cc3O)nc2c1. The summed E-state index contributed by atoms with van der Waals surface area (Å²) in [6.07, 6.45) is 1.04. The van der Waals surface area contributed by atoms with E-state index in [1.165, 1.54) is 11.6 Å². The van der Waals surface area contributed by atoms with Gasteiger partial charge < -0.3 is 14.8 Å². The Labute approximate surface area is 204 Å². The van der Waals surface area contributed by atoms with E-state index in [2.05, 4.69) is 29.5 Å². The van der Waals surface area contributed by atoms with E-state index in [0.717, 1.165) is 23.1 Å². The van der Waals surface area contributed by atoms with Crippen molar-refractivity contribution in [3.63, 3.8) is 0 Å². The molecule has 0 aliphatic carbocycles. The molecular weight excluding hydrogens is 446 g/mol. The van der Waals surface area contributed by atoms with Crippen molar-refractivity contribution in [2.45, 2.75) is 40.0 Å². The number of rotatable bonds is 5. The van der Waals surface area contributed by atoms with Gasteiger partial charge in [-0.2, -0.15) is 0 Å². The molecule has 0 unspecified atom stereocenters. The first kappa shape index (κ1) is 23.4. The van der Waals surface area contributed by atoms with Crippen LogP contribution in [0.4, 0.5) is 5.69 Å². The molecule has 1 aromatic heterocycles. The van der Waals surface area contributed by atoms with Crippen LogP contribution in [0.25, 0.3) is 22.6 Å². The number of phenols is 1. The lowest BCUT2D eigenvalue weighted by Crippen LogP contribution is -2.34. The zero-order valence-electron chi connectivity index (χ0n) is 19.6. The summed E-state index contributed by atoms with van der Waals surface area (Å²) in [4.78, 5) is 17.1. The minimum atomic E-state index is -0.298. The second-order valence-electron chi connectivity index (χ2n) is 8.57. The number of aromatic nitrogens is 1. The highest BCUT2D eigenvalue weighted by atomic mass is 32.1. The molecule has 0 saturated carbocycles. The average molecular weight is 474 g/mol. The van der Waals surface area contributed by atoms with E-state index < -0.39 is 0 Å². The van der Waals surface area contributed by atoms with Crippen LogP contribution in [-0.2, 0) is 0 Å². The van der Waals surface area contributed by atoms with E-state index in [-0.39, 0.29) is 16.8 Å². The van der Waals surface area contributed by atoms with E-state index in [1.54, 1.807) is 24.3 Å². The molecule has 0 fully saturated rings. The molecule has 1 atom stereocenters. The van der Waals surface area contributed by atoms with Gasteiger partial charge in [0.05, 0.1) is 5.56 Å². The minimum Gasteiger partial charge on any atom is -0.507 e. The predicted octanol–water partition coefficient (Wildman–Crippen LogP) is 6.46. The third kappa shape index (κ3) is 5.10. The molecule has 0 aliphatic rings. The molecule has 7 heteroatoms. The molecule has 0 radical (unpaired) electrons. The third-order valence-electron chi connectivity index (χ3n) is 5.79. The molecule has 0 aliphatic heterocycles. The van der Waals surface area contributed by atoms with Crippen LogP contribution in [0, 0.1) is 13.8 Å². The van der Waals surface area contributed by atoms with E-state index >= 15 is 0 Å². The summed E-state index contributed by atoms with van der Waals surface area (Å²) in [6.45, 7) is 8.20. The predicted molar refractivity (Wildman–Crippen MR) is 139 cm³/mol. The topological polar surface area (TPSA) is 87.4 Å². The number of hydrogen-bond acceptors (Lipinski definition) is 5. The van der Waals surface area contributed by atoms with Gasteiger partial charge in [-0.1, -0.05) is 37.1 Å². The van der Waals surface area contributed by atoms with Crippen LogP contribution in [0.2, 0.25) is 0 Å². The summed E-state index contributed by atoms with van der Waals surface area (Å²) in [7, 11) is 0. The van der Waals surface area contributed by atoms with Gasteiger partial charge in [-0.25, -0.2) is 4.98 Å². The quantitative estimate of drug-likeness (QED) is 0.289. The second kappa shape index (κ2) is 9.65. The molecule has 4 aromatic rings. The Bertz CT molecular complexity index is 1370. The van der Waals surface area contributed by atoms with Gasteiger partial charge in [0.25, 0.3) is 5.91 Å². The van der Waals surface area contributed by atoms with Gasteiger partial charge in [0, 0.05) is 17.3 Å². The second-order valence-corrected chi connectivity index (χ2v) is 8.98. The number of nitrogens with zero attached hydrogens (tertiary/aromatic N) is 1. The maximum absolute atomic E-state index is 12.5. The molecule has 0 saturated heterocycles. The van der Waals surface area contributed by atoms with Crippen LogP contribution in [-0.4, -0.2) is 21.1 Å². The van der Waals surface area contributed by atoms with Gasteiger partial charge in [0.2, 0.25) is 5.89 Å². The Kier molecular flexibility index (Phi) is 6.65. The first-order valence-electron chi connectivity index (χ1n) is 11.2. The van der Waals surface area contributed by atoms with Gasteiger partial charge in [-0.3, -0.25) is 10.1 Å². The molecule has 3 N–H and O–H groups in total. The van der Waals surface area contributed by atoms with Crippen LogP contribution in [0.1, 0.15) is 53.2 Å². The van der Waals surface area contributed by atoms with Crippen LogP contribution in [0.15, 0.2) is 59.0 Å². The highest BCUT2D eigenvalue weighted by molar-refractivity contribution is 7.80. The Morgan fingerprint density at radius 3 is 2.50 bits per heavy atom. The fraction of sp³-hybridized carbons (Fsp3) is 0.222.